The van der Waals surface area contributed by atoms with E-state index in [1.807, 2.05) is 0 Å². The van der Waals surface area contributed by atoms with Crippen LogP contribution in [-0.4, -0.2) is 22.9 Å². The molecule has 30 heavy (non-hydrogen) atoms. The normalized spacial score (nSPS) is 11.4. The fourth-order valence-electron chi connectivity index (χ4n) is 3.40. The first-order chi connectivity index (χ1) is 14.5. The Bertz CT molecular complexity index is 340. The minimum Gasteiger partial charge on any atom is -0.330 e. The minimum atomic E-state index is -4.24. The number of phosphoric acid groups is 1. The Morgan fingerprint density at radius 3 is 1.17 bits per heavy atom. The second-order valence-electron chi connectivity index (χ2n) is 8.48. The molecule has 0 atom stereocenters. The van der Waals surface area contributed by atoms with Crippen LogP contribution in [0.15, 0.2) is 0 Å². The molecular weight excluding hydrogens is 397 g/mol. The van der Waals surface area contributed by atoms with Crippen molar-refractivity contribution in [2.24, 2.45) is 5.73 Å². The molecule has 0 saturated heterocycles. The van der Waals surface area contributed by atoms with Crippen LogP contribution in [0.3, 0.4) is 0 Å². The molecule has 0 heterocycles. The fourth-order valence-corrected chi connectivity index (χ4v) is 3.77. The average molecular weight is 452 g/mol. The van der Waals surface area contributed by atoms with E-state index in [9.17, 15) is 4.57 Å². The van der Waals surface area contributed by atoms with Gasteiger partial charge in [0.1, 0.15) is 0 Å². The predicted octanol–water partition coefficient (Wildman–Crippen LogP) is 7.88. The Morgan fingerprint density at radius 2 is 0.867 bits per heavy atom. The van der Waals surface area contributed by atoms with Gasteiger partial charge in [0.05, 0.1) is 6.61 Å². The highest BCUT2D eigenvalue weighted by molar-refractivity contribution is 7.46. The fraction of sp³-hybridized carbons (Fsp3) is 1.00. The van der Waals surface area contributed by atoms with Crippen LogP contribution in [0, 0.1) is 0 Å². The van der Waals surface area contributed by atoms with E-state index in [1.165, 1.54) is 109 Å². The molecular formula is C24H54NO4P. The lowest BCUT2D eigenvalue weighted by atomic mass is 10.1. The molecule has 0 aromatic heterocycles. The van der Waals surface area contributed by atoms with Crippen LogP contribution in [0.25, 0.3) is 0 Å². The summed E-state index contributed by atoms with van der Waals surface area (Å²) in [6.45, 7) is 5.53. The van der Waals surface area contributed by atoms with Gasteiger partial charge >= 0.3 is 7.82 Å². The van der Waals surface area contributed by atoms with Gasteiger partial charge in [-0.1, -0.05) is 129 Å². The van der Waals surface area contributed by atoms with Crippen LogP contribution < -0.4 is 5.73 Å². The van der Waals surface area contributed by atoms with Gasteiger partial charge in [-0.2, -0.15) is 0 Å². The maximum Gasteiger partial charge on any atom is 0.469 e. The topological polar surface area (TPSA) is 92.8 Å². The van der Waals surface area contributed by atoms with Gasteiger partial charge in [-0.3, -0.25) is 4.52 Å². The number of unbranched alkanes of at least 4 members (excludes halogenated alkanes) is 18. The predicted molar refractivity (Wildman–Crippen MR) is 131 cm³/mol. The summed E-state index contributed by atoms with van der Waals surface area (Å²) in [4.78, 5) is 16.9. The molecule has 4 N–H and O–H groups in total. The van der Waals surface area contributed by atoms with Gasteiger partial charge in [-0.15, -0.1) is 0 Å². The zero-order valence-corrected chi connectivity index (χ0v) is 21.2. The first-order valence-electron chi connectivity index (χ1n) is 12.9. The lowest BCUT2D eigenvalue weighted by molar-refractivity contribution is 0.193. The molecule has 0 bridgehead atoms. The molecule has 0 amide bonds. The van der Waals surface area contributed by atoms with Crippen LogP contribution in [0.4, 0.5) is 0 Å². The van der Waals surface area contributed by atoms with Crippen molar-refractivity contribution in [3.63, 3.8) is 0 Å². The van der Waals surface area contributed by atoms with E-state index in [0.29, 0.717) is 0 Å². The zero-order chi connectivity index (χ0) is 22.8. The lowest BCUT2D eigenvalue weighted by Crippen LogP contribution is -1.97. The van der Waals surface area contributed by atoms with Crippen LogP contribution >= 0.6 is 7.82 Å². The molecule has 0 fully saturated rings. The van der Waals surface area contributed by atoms with Crippen LogP contribution in [-0.2, 0) is 9.09 Å². The van der Waals surface area contributed by atoms with Crippen molar-refractivity contribution in [2.75, 3.05) is 13.2 Å². The maximum atomic E-state index is 10.4. The SMILES string of the molecule is CCCCCCCCCCCCN.CCCCCCCCCCCCOP(=O)(O)O. The van der Waals surface area contributed by atoms with E-state index < -0.39 is 7.82 Å². The van der Waals surface area contributed by atoms with E-state index >= 15 is 0 Å². The van der Waals surface area contributed by atoms with Gasteiger partial charge in [-0.05, 0) is 19.4 Å². The van der Waals surface area contributed by atoms with Crippen LogP contribution in [0.1, 0.15) is 142 Å². The van der Waals surface area contributed by atoms with Crippen molar-refractivity contribution in [3.05, 3.63) is 0 Å². The van der Waals surface area contributed by atoms with Gasteiger partial charge in [0.2, 0.25) is 0 Å². The first kappa shape index (κ1) is 32.3. The minimum absolute atomic E-state index is 0.167. The first-order valence-corrected chi connectivity index (χ1v) is 14.4. The number of nitrogens with two attached hydrogens (primary N) is 1. The van der Waals surface area contributed by atoms with Crippen molar-refractivity contribution in [1.82, 2.24) is 0 Å². The third-order valence-corrected chi connectivity index (χ3v) is 5.83. The maximum absolute atomic E-state index is 10.4. The quantitative estimate of drug-likeness (QED) is 0.115. The van der Waals surface area contributed by atoms with Gasteiger partial charge in [0.15, 0.2) is 0 Å². The molecule has 5 nitrogen and oxygen atoms in total. The van der Waals surface area contributed by atoms with Gasteiger partial charge in [0.25, 0.3) is 0 Å². The Morgan fingerprint density at radius 1 is 0.567 bits per heavy atom. The zero-order valence-electron chi connectivity index (χ0n) is 20.3. The highest BCUT2D eigenvalue weighted by Gasteiger charge is 2.12. The molecule has 0 rings (SSSR count). The summed E-state index contributed by atoms with van der Waals surface area (Å²) in [6.07, 6.45) is 26.0. The Kier molecular flexibility index (Phi) is 29.1. The van der Waals surface area contributed by atoms with Gasteiger partial charge in [0, 0.05) is 0 Å². The summed E-state index contributed by atoms with van der Waals surface area (Å²) >= 11 is 0. The van der Waals surface area contributed by atoms with E-state index in [2.05, 4.69) is 18.4 Å². The highest BCUT2D eigenvalue weighted by atomic mass is 31.2. The van der Waals surface area contributed by atoms with Gasteiger partial charge in [-0.25, -0.2) is 4.57 Å². The summed E-state index contributed by atoms with van der Waals surface area (Å²) in [5.41, 5.74) is 5.42. The van der Waals surface area contributed by atoms with Crippen molar-refractivity contribution in [3.8, 4) is 0 Å². The lowest BCUT2D eigenvalue weighted by Gasteiger charge is -2.05. The molecule has 0 aromatic carbocycles. The van der Waals surface area contributed by atoms with E-state index in [4.69, 9.17) is 15.5 Å². The Balaban J connectivity index is 0. The monoisotopic (exact) mass is 451 g/mol. The Labute approximate surface area is 188 Å². The van der Waals surface area contributed by atoms with Crippen LogP contribution in [0.5, 0.6) is 0 Å². The largest absolute Gasteiger partial charge is 0.469 e. The molecule has 0 unspecified atom stereocenters. The van der Waals surface area contributed by atoms with E-state index in [1.54, 1.807) is 0 Å². The van der Waals surface area contributed by atoms with Crippen molar-refractivity contribution in [1.29, 1.82) is 0 Å². The Hall–Kier alpha value is 0.0700. The molecule has 0 aliphatic rings. The number of hydrogen-bond acceptors (Lipinski definition) is 3. The molecule has 0 radical (unpaired) electrons. The average Bonchev–Trinajstić information content (AvgIpc) is 2.70. The van der Waals surface area contributed by atoms with E-state index in [-0.39, 0.29) is 6.61 Å². The third-order valence-electron chi connectivity index (χ3n) is 5.32. The summed E-state index contributed by atoms with van der Waals surface area (Å²) in [6, 6.07) is 0. The molecule has 0 spiro atoms. The van der Waals surface area contributed by atoms with Gasteiger partial charge < -0.3 is 15.5 Å². The molecule has 0 aliphatic carbocycles. The van der Waals surface area contributed by atoms with Crippen molar-refractivity contribution < 1.29 is 18.9 Å². The highest BCUT2D eigenvalue weighted by Crippen LogP contribution is 2.35. The summed E-state index contributed by atoms with van der Waals surface area (Å²) in [5, 5.41) is 0. The number of phosphoric ester groups is 1. The molecule has 6 heteroatoms. The standard InChI is InChI=1S/C12H27N.C12H27O4P/c1-2-3-4-5-6-7-8-9-10-11-12-13;1-2-3-4-5-6-7-8-9-10-11-12-16-17(13,14)15/h2-13H2,1H3;2-12H2,1H3,(H2,13,14,15). The summed E-state index contributed by atoms with van der Waals surface area (Å²) < 4.78 is 14.7. The van der Waals surface area contributed by atoms with Crippen molar-refractivity contribution >= 4 is 7.82 Å². The second-order valence-corrected chi connectivity index (χ2v) is 9.72. The van der Waals surface area contributed by atoms with Crippen molar-refractivity contribution in [2.45, 2.75) is 142 Å². The molecule has 0 saturated carbocycles. The molecule has 184 valence electrons. The smallest absolute Gasteiger partial charge is 0.330 e. The number of hydrogen-bond donors (Lipinski definition) is 3. The molecule has 0 aromatic rings. The molecule has 0 aliphatic heterocycles. The summed E-state index contributed by atoms with van der Waals surface area (Å²) in [7, 11) is -4.24. The third kappa shape index (κ3) is 35.5. The van der Waals surface area contributed by atoms with E-state index in [0.717, 1.165) is 25.8 Å². The number of rotatable bonds is 22. The van der Waals surface area contributed by atoms with Crippen LogP contribution in [0.2, 0.25) is 0 Å². The second kappa shape index (κ2) is 27.1. The summed E-state index contributed by atoms with van der Waals surface area (Å²) in [5.74, 6) is 0.